The lowest BCUT2D eigenvalue weighted by Gasteiger charge is -2.09. The number of sulfonamides is 1. The van der Waals surface area contributed by atoms with Gasteiger partial charge in [0.1, 0.15) is 0 Å². The van der Waals surface area contributed by atoms with Crippen LogP contribution in [0.3, 0.4) is 0 Å². The number of benzene rings is 1. The molecule has 0 aromatic heterocycles. The molecule has 1 aromatic carbocycles. The number of rotatable bonds is 7. The summed E-state index contributed by atoms with van der Waals surface area (Å²) in [6.45, 7) is 2.26. The van der Waals surface area contributed by atoms with Crippen LogP contribution in [0.5, 0.6) is 0 Å². The summed E-state index contributed by atoms with van der Waals surface area (Å²) in [6, 6.07) is 4.38. The van der Waals surface area contributed by atoms with Gasteiger partial charge in [0, 0.05) is 24.5 Å². The molecule has 19 heavy (non-hydrogen) atoms. The minimum absolute atomic E-state index is 0.0193. The highest BCUT2D eigenvalue weighted by Gasteiger charge is 2.09. The first-order chi connectivity index (χ1) is 8.85. The number of nitrogens with two attached hydrogens (primary N) is 1. The van der Waals surface area contributed by atoms with Gasteiger partial charge in [-0.15, -0.1) is 0 Å². The maximum absolute atomic E-state index is 11.4. The van der Waals surface area contributed by atoms with E-state index in [1.165, 1.54) is 12.1 Å². The van der Waals surface area contributed by atoms with Crippen molar-refractivity contribution >= 4 is 27.4 Å². The molecule has 0 amide bonds. The van der Waals surface area contributed by atoms with E-state index in [9.17, 15) is 13.2 Å². The summed E-state index contributed by atoms with van der Waals surface area (Å²) in [6.07, 6.45) is 0. The maximum atomic E-state index is 11.4. The highest BCUT2D eigenvalue weighted by molar-refractivity contribution is 7.89. The van der Waals surface area contributed by atoms with E-state index in [1.54, 1.807) is 13.0 Å². The topological polar surface area (TPSA) is 122 Å². The number of hydrogen-bond donors (Lipinski definition) is 4. The predicted molar refractivity (Wildman–Crippen MR) is 73.8 cm³/mol. The highest BCUT2D eigenvalue weighted by Crippen LogP contribution is 2.17. The van der Waals surface area contributed by atoms with E-state index in [-0.39, 0.29) is 23.5 Å². The van der Waals surface area contributed by atoms with Gasteiger partial charge >= 0.3 is 5.97 Å². The number of carbonyl (C=O) groups is 1. The molecule has 106 valence electrons. The average Bonchev–Trinajstić information content (AvgIpc) is 2.28. The first kappa shape index (κ1) is 15.3. The first-order valence-corrected chi connectivity index (χ1v) is 7.35. The molecule has 1 aromatic rings. The molecular formula is C11H17N3O4S. The highest BCUT2D eigenvalue weighted by atomic mass is 32.2. The van der Waals surface area contributed by atoms with Crippen LogP contribution in [0.15, 0.2) is 18.2 Å². The molecule has 0 aliphatic carbocycles. The first-order valence-electron chi connectivity index (χ1n) is 5.69. The van der Waals surface area contributed by atoms with Crippen LogP contribution >= 0.6 is 0 Å². The molecule has 0 heterocycles. The molecule has 1 rings (SSSR count). The van der Waals surface area contributed by atoms with E-state index in [1.807, 2.05) is 0 Å². The molecule has 0 saturated heterocycles. The standard InChI is InChI=1S/C11H17N3O4S/c1-2-14-19(17,18)6-5-13-8-3-4-9(11(15)16)10(12)7-8/h3-4,7,13-14H,2,5-6,12H2,1H3,(H,15,16). The van der Waals surface area contributed by atoms with Crippen LogP contribution in [0.1, 0.15) is 17.3 Å². The Hall–Kier alpha value is -1.80. The van der Waals surface area contributed by atoms with Crippen LogP contribution in [0.2, 0.25) is 0 Å². The van der Waals surface area contributed by atoms with E-state index in [0.29, 0.717) is 12.2 Å². The second kappa shape index (κ2) is 6.39. The van der Waals surface area contributed by atoms with Gasteiger partial charge in [0.25, 0.3) is 0 Å². The van der Waals surface area contributed by atoms with Gasteiger partial charge in [-0.05, 0) is 18.2 Å². The van der Waals surface area contributed by atoms with E-state index < -0.39 is 16.0 Å². The third-order valence-electron chi connectivity index (χ3n) is 2.35. The van der Waals surface area contributed by atoms with Gasteiger partial charge in [-0.25, -0.2) is 17.9 Å². The van der Waals surface area contributed by atoms with Crippen molar-refractivity contribution in [1.82, 2.24) is 4.72 Å². The summed E-state index contributed by atoms with van der Waals surface area (Å²) in [7, 11) is -3.27. The van der Waals surface area contributed by atoms with E-state index >= 15 is 0 Å². The van der Waals surface area contributed by atoms with Gasteiger partial charge in [0.05, 0.1) is 11.3 Å². The number of nitrogen functional groups attached to an aromatic ring is 1. The Kier molecular flexibility index (Phi) is 5.13. The quantitative estimate of drug-likeness (QED) is 0.536. The third-order valence-corrected chi connectivity index (χ3v) is 3.82. The van der Waals surface area contributed by atoms with E-state index in [0.717, 1.165) is 0 Å². The summed E-state index contributed by atoms with van der Waals surface area (Å²) < 4.78 is 25.1. The number of hydrogen-bond acceptors (Lipinski definition) is 5. The van der Waals surface area contributed by atoms with Gasteiger partial charge in [0.15, 0.2) is 0 Å². The molecule has 7 nitrogen and oxygen atoms in total. The second-order valence-electron chi connectivity index (χ2n) is 3.85. The fraction of sp³-hybridized carbons (Fsp3) is 0.364. The fourth-order valence-electron chi connectivity index (χ4n) is 1.49. The number of aromatic carboxylic acids is 1. The molecule has 5 N–H and O–H groups in total. The lowest BCUT2D eigenvalue weighted by atomic mass is 10.1. The third kappa shape index (κ3) is 4.76. The monoisotopic (exact) mass is 287 g/mol. The van der Waals surface area contributed by atoms with E-state index in [2.05, 4.69) is 10.0 Å². The second-order valence-corrected chi connectivity index (χ2v) is 5.78. The lowest BCUT2D eigenvalue weighted by molar-refractivity contribution is 0.0698. The molecule has 0 fully saturated rings. The number of anilines is 2. The normalized spacial score (nSPS) is 11.2. The average molecular weight is 287 g/mol. The Morgan fingerprint density at radius 1 is 1.42 bits per heavy atom. The Bertz CT molecular complexity index is 557. The fourth-order valence-corrected chi connectivity index (χ4v) is 2.44. The van der Waals surface area contributed by atoms with Crippen LogP contribution in [-0.2, 0) is 10.0 Å². The minimum Gasteiger partial charge on any atom is -0.478 e. The maximum Gasteiger partial charge on any atom is 0.337 e. The summed E-state index contributed by atoms with van der Waals surface area (Å²) in [5, 5.41) is 11.7. The van der Waals surface area contributed by atoms with Gasteiger partial charge in [-0.2, -0.15) is 0 Å². The minimum atomic E-state index is -3.27. The zero-order chi connectivity index (χ0) is 14.5. The van der Waals surface area contributed by atoms with Crippen LogP contribution in [0.25, 0.3) is 0 Å². The molecule has 0 radical (unpaired) electrons. The molecule has 8 heteroatoms. The Morgan fingerprint density at radius 3 is 2.63 bits per heavy atom. The Balaban J connectivity index is 2.60. The predicted octanol–water partition coefficient (Wildman–Crippen LogP) is 0.318. The molecule has 0 bridgehead atoms. The van der Waals surface area contributed by atoms with Crippen LogP contribution < -0.4 is 15.8 Å². The smallest absolute Gasteiger partial charge is 0.337 e. The summed E-state index contributed by atoms with van der Waals surface area (Å²) in [5.74, 6) is -1.17. The van der Waals surface area contributed by atoms with Gasteiger partial charge in [-0.1, -0.05) is 6.92 Å². The van der Waals surface area contributed by atoms with Gasteiger partial charge < -0.3 is 16.2 Å². The van der Waals surface area contributed by atoms with Crippen LogP contribution in [0.4, 0.5) is 11.4 Å². The SMILES string of the molecule is CCNS(=O)(=O)CCNc1ccc(C(=O)O)c(N)c1. The zero-order valence-corrected chi connectivity index (χ0v) is 11.3. The summed E-state index contributed by atoms with van der Waals surface area (Å²) in [5.41, 5.74) is 6.30. The van der Waals surface area contributed by atoms with Crippen molar-refractivity contribution in [3.63, 3.8) is 0 Å². The Labute approximate surface area is 111 Å². The molecule has 0 saturated carbocycles. The summed E-state index contributed by atoms with van der Waals surface area (Å²) in [4.78, 5) is 10.8. The van der Waals surface area contributed by atoms with Gasteiger partial charge in [-0.3, -0.25) is 0 Å². The van der Waals surface area contributed by atoms with Crippen LogP contribution in [-0.4, -0.2) is 38.3 Å². The molecular weight excluding hydrogens is 270 g/mol. The number of carboxylic acids is 1. The van der Waals surface area contributed by atoms with Crippen molar-refractivity contribution < 1.29 is 18.3 Å². The Morgan fingerprint density at radius 2 is 2.11 bits per heavy atom. The van der Waals surface area contributed by atoms with Crippen molar-refractivity contribution in [2.45, 2.75) is 6.92 Å². The van der Waals surface area contributed by atoms with Crippen molar-refractivity contribution in [2.75, 3.05) is 29.9 Å². The zero-order valence-electron chi connectivity index (χ0n) is 10.5. The van der Waals surface area contributed by atoms with Gasteiger partial charge in [0.2, 0.25) is 10.0 Å². The molecule has 0 spiro atoms. The molecule has 0 aliphatic rings. The molecule has 0 aliphatic heterocycles. The largest absolute Gasteiger partial charge is 0.478 e. The lowest BCUT2D eigenvalue weighted by Crippen LogP contribution is -2.29. The molecule has 0 unspecified atom stereocenters. The van der Waals surface area contributed by atoms with Crippen LogP contribution in [0, 0.1) is 0 Å². The summed E-state index contributed by atoms with van der Waals surface area (Å²) >= 11 is 0. The van der Waals surface area contributed by atoms with Crippen molar-refractivity contribution in [3.05, 3.63) is 23.8 Å². The van der Waals surface area contributed by atoms with E-state index in [4.69, 9.17) is 10.8 Å². The van der Waals surface area contributed by atoms with Crippen molar-refractivity contribution in [1.29, 1.82) is 0 Å². The number of nitrogens with one attached hydrogen (secondary N) is 2. The number of carboxylic acid groups (broad SMARTS) is 1. The van der Waals surface area contributed by atoms with Crippen molar-refractivity contribution in [3.8, 4) is 0 Å². The molecule has 0 atom stereocenters. The van der Waals surface area contributed by atoms with Crippen molar-refractivity contribution in [2.24, 2.45) is 0 Å².